The van der Waals surface area contributed by atoms with Gasteiger partial charge in [-0.05, 0) is 45.4 Å². The van der Waals surface area contributed by atoms with Gasteiger partial charge in [0.25, 0.3) is 0 Å². The number of rotatable bonds is 6. The molecule has 0 saturated heterocycles. The lowest BCUT2D eigenvalue weighted by molar-refractivity contribution is 0.353. The zero-order valence-electron chi connectivity index (χ0n) is 8.28. The van der Waals surface area contributed by atoms with Crippen LogP contribution in [-0.4, -0.2) is 27.2 Å². The van der Waals surface area contributed by atoms with E-state index in [4.69, 9.17) is 0 Å². The monoisotopic (exact) mass is 158 g/mol. The van der Waals surface area contributed by atoms with Crippen LogP contribution in [0.1, 0.15) is 20.3 Å². The summed E-state index contributed by atoms with van der Waals surface area (Å²) >= 11 is 0. The summed E-state index contributed by atoms with van der Waals surface area (Å²) in [6, 6.07) is 0. The fourth-order valence-electron chi connectivity index (χ4n) is 1.18. The van der Waals surface area contributed by atoms with Gasteiger partial charge in [0, 0.05) is 0 Å². The van der Waals surface area contributed by atoms with E-state index in [0.29, 0.717) is 0 Å². The van der Waals surface area contributed by atoms with Crippen molar-refractivity contribution >= 4 is 0 Å². The third-order valence-electron chi connectivity index (χ3n) is 2.35. The fourth-order valence-corrected chi connectivity index (χ4v) is 1.18. The van der Waals surface area contributed by atoms with Gasteiger partial charge < -0.3 is 10.6 Å². The SMILES string of the molecule is CNCCC(C)C(C)CNC. The first-order chi connectivity index (χ1) is 5.22. The van der Waals surface area contributed by atoms with E-state index >= 15 is 0 Å². The number of nitrogens with one attached hydrogen (secondary N) is 2. The summed E-state index contributed by atoms with van der Waals surface area (Å²) in [6.45, 7) is 6.89. The van der Waals surface area contributed by atoms with E-state index in [0.717, 1.165) is 24.9 Å². The summed E-state index contributed by atoms with van der Waals surface area (Å²) in [4.78, 5) is 0. The van der Waals surface area contributed by atoms with Crippen LogP contribution in [0, 0.1) is 11.8 Å². The minimum Gasteiger partial charge on any atom is -0.320 e. The molecule has 0 fully saturated rings. The molecule has 2 heteroatoms. The normalized spacial score (nSPS) is 16.4. The summed E-state index contributed by atoms with van der Waals surface area (Å²) in [6.07, 6.45) is 1.28. The average molecular weight is 158 g/mol. The highest BCUT2D eigenvalue weighted by molar-refractivity contribution is 4.64. The van der Waals surface area contributed by atoms with E-state index in [-0.39, 0.29) is 0 Å². The van der Waals surface area contributed by atoms with E-state index < -0.39 is 0 Å². The Morgan fingerprint density at radius 1 is 1.00 bits per heavy atom. The Labute approximate surface area is 70.8 Å². The van der Waals surface area contributed by atoms with Gasteiger partial charge in [0.1, 0.15) is 0 Å². The van der Waals surface area contributed by atoms with Crippen LogP contribution in [-0.2, 0) is 0 Å². The van der Waals surface area contributed by atoms with Crippen molar-refractivity contribution in [2.45, 2.75) is 20.3 Å². The lowest BCUT2D eigenvalue weighted by Gasteiger charge is -2.18. The van der Waals surface area contributed by atoms with Gasteiger partial charge in [-0.2, -0.15) is 0 Å². The van der Waals surface area contributed by atoms with Crippen molar-refractivity contribution < 1.29 is 0 Å². The molecule has 68 valence electrons. The molecule has 0 saturated carbocycles. The summed E-state index contributed by atoms with van der Waals surface area (Å²) < 4.78 is 0. The highest BCUT2D eigenvalue weighted by Crippen LogP contribution is 2.12. The third-order valence-corrected chi connectivity index (χ3v) is 2.35. The molecule has 2 N–H and O–H groups in total. The van der Waals surface area contributed by atoms with Crippen LogP contribution in [0.2, 0.25) is 0 Å². The van der Waals surface area contributed by atoms with E-state index in [1.54, 1.807) is 0 Å². The summed E-state index contributed by atoms with van der Waals surface area (Å²) in [7, 11) is 4.02. The molecular formula is C9H22N2. The maximum atomic E-state index is 3.20. The van der Waals surface area contributed by atoms with Crippen LogP contribution in [0.15, 0.2) is 0 Å². The predicted octanol–water partition coefficient (Wildman–Crippen LogP) is 1.09. The topological polar surface area (TPSA) is 24.1 Å². The molecule has 0 aliphatic carbocycles. The molecule has 0 heterocycles. The Balaban J connectivity index is 3.38. The molecule has 2 nitrogen and oxygen atoms in total. The minimum atomic E-state index is 0.786. The quantitative estimate of drug-likeness (QED) is 0.604. The van der Waals surface area contributed by atoms with Gasteiger partial charge >= 0.3 is 0 Å². The van der Waals surface area contributed by atoms with Crippen LogP contribution in [0.4, 0.5) is 0 Å². The first-order valence-corrected chi connectivity index (χ1v) is 4.51. The summed E-state index contributed by atoms with van der Waals surface area (Å²) in [5, 5.41) is 6.38. The molecule has 0 rings (SSSR count). The molecule has 0 spiro atoms. The van der Waals surface area contributed by atoms with Gasteiger partial charge in [0.2, 0.25) is 0 Å². The highest BCUT2D eigenvalue weighted by atomic mass is 14.8. The van der Waals surface area contributed by atoms with E-state index in [1.807, 2.05) is 14.1 Å². The lowest BCUT2D eigenvalue weighted by Crippen LogP contribution is -2.24. The second-order valence-corrected chi connectivity index (χ2v) is 3.40. The van der Waals surface area contributed by atoms with Gasteiger partial charge in [0.15, 0.2) is 0 Å². The Morgan fingerprint density at radius 2 is 1.64 bits per heavy atom. The van der Waals surface area contributed by atoms with Crippen molar-refractivity contribution in [2.75, 3.05) is 27.2 Å². The molecule has 11 heavy (non-hydrogen) atoms. The van der Waals surface area contributed by atoms with E-state index in [1.165, 1.54) is 6.42 Å². The largest absolute Gasteiger partial charge is 0.320 e. The molecule has 2 atom stereocenters. The van der Waals surface area contributed by atoms with Crippen molar-refractivity contribution in [3.63, 3.8) is 0 Å². The lowest BCUT2D eigenvalue weighted by atomic mass is 9.93. The first-order valence-electron chi connectivity index (χ1n) is 4.51. The van der Waals surface area contributed by atoms with Gasteiger partial charge in [-0.3, -0.25) is 0 Å². The van der Waals surface area contributed by atoms with Crippen LogP contribution in [0.25, 0.3) is 0 Å². The standard InChI is InChI=1S/C9H22N2/c1-8(5-6-10-3)9(2)7-11-4/h8-11H,5-7H2,1-4H3. The van der Waals surface area contributed by atoms with Crippen LogP contribution in [0.5, 0.6) is 0 Å². The second-order valence-electron chi connectivity index (χ2n) is 3.40. The molecule has 0 radical (unpaired) electrons. The average Bonchev–Trinajstić information content (AvgIpc) is 2.00. The van der Waals surface area contributed by atoms with Crippen molar-refractivity contribution in [3.8, 4) is 0 Å². The Hall–Kier alpha value is -0.0800. The molecule has 0 aliphatic heterocycles. The van der Waals surface area contributed by atoms with Gasteiger partial charge in [-0.15, -0.1) is 0 Å². The molecule has 0 bridgehead atoms. The smallest absolute Gasteiger partial charge is 0.00236 e. The fraction of sp³-hybridized carbons (Fsp3) is 1.00. The van der Waals surface area contributed by atoms with Crippen LogP contribution >= 0.6 is 0 Å². The van der Waals surface area contributed by atoms with Crippen LogP contribution in [0.3, 0.4) is 0 Å². The molecule has 0 aliphatic rings. The summed E-state index contributed by atoms with van der Waals surface area (Å²) in [5.41, 5.74) is 0. The zero-order chi connectivity index (χ0) is 8.69. The van der Waals surface area contributed by atoms with Crippen molar-refractivity contribution in [1.82, 2.24) is 10.6 Å². The predicted molar refractivity (Wildman–Crippen MR) is 50.8 cm³/mol. The molecule has 0 aromatic rings. The maximum Gasteiger partial charge on any atom is -0.00236 e. The van der Waals surface area contributed by atoms with E-state index in [9.17, 15) is 0 Å². The summed E-state index contributed by atoms with van der Waals surface area (Å²) in [5.74, 6) is 1.60. The third kappa shape index (κ3) is 5.22. The Bertz CT molecular complexity index is 83.6. The number of hydrogen-bond acceptors (Lipinski definition) is 2. The first kappa shape index (κ1) is 10.9. The van der Waals surface area contributed by atoms with Crippen molar-refractivity contribution in [3.05, 3.63) is 0 Å². The van der Waals surface area contributed by atoms with E-state index in [2.05, 4.69) is 24.5 Å². The molecule has 0 amide bonds. The van der Waals surface area contributed by atoms with Gasteiger partial charge in [0.05, 0.1) is 0 Å². The van der Waals surface area contributed by atoms with Gasteiger partial charge in [-0.1, -0.05) is 13.8 Å². The second kappa shape index (κ2) is 6.62. The number of hydrogen-bond donors (Lipinski definition) is 2. The minimum absolute atomic E-state index is 0.786. The molecule has 0 aromatic carbocycles. The molecule has 0 aromatic heterocycles. The Kier molecular flexibility index (Phi) is 6.57. The molecule has 2 unspecified atom stereocenters. The Morgan fingerprint density at radius 3 is 2.09 bits per heavy atom. The van der Waals surface area contributed by atoms with Crippen molar-refractivity contribution in [1.29, 1.82) is 0 Å². The van der Waals surface area contributed by atoms with Crippen LogP contribution < -0.4 is 10.6 Å². The highest BCUT2D eigenvalue weighted by Gasteiger charge is 2.09. The zero-order valence-corrected chi connectivity index (χ0v) is 8.28. The molecular weight excluding hydrogens is 136 g/mol. The van der Waals surface area contributed by atoms with Gasteiger partial charge in [-0.25, -0.2) is 0 Å². The van der Waals surface area contributed by atoms with Crippen molar-refractivity contribution in [2.24, 2.45) is 11.8 Å². The maximum absolute atomic E-state index is 3.20.